The van der Waals surface area contributed by atoms with E-state index in [-0.39, 0.29) is 17.2 Å². The van der Waals surface area contributed by atoms with Gasteiger partial charge in [-0.1, -0.05) is 0 Å². The Hall–Kier alpha value is -0.680. The fourth-order valence-corrected chi connectivity index (χ4v) is 2.09. The van der Waals surface area contributed by atoms with E-state index in [0.29, 0.717) is 11.0 Å². The average Bonchev–Trinajstić information content (AvgIpc) is 2.64. The molecule has 1 saturated heterocycles. The van der Waals surface area contributed by atoms with E-state index in [9.17, 15) is 4.39 Å². The number of hydrogen-bond acceptors (Lipinski definition) is 3. The first-order chi connectivity index (χ1) is 7.59. The molecular weight excluding hydrogens is 275 g/mol. The SMILES string of the molecule is CC1(CNc2ncc(Br)cc2F)CCCO1. The number of nitrogens with one attached hydrogen (secondary N) is 1. The third-order valence-corrected chi connectivity index (χ3v) is 3.17. The molecule has 1 N–H and O–H groups in total. The van der Waals surface area contributed by atoms with Crippen LogP contribution in [-0.2, 0) is 4.74 Å². The summed E-state index contributed by atoms with van der Waals surface area (Å²) in [6.45, 7) is 3.40. The average molecular weight is 289 g/mol. The molecule has 1 unspecified atom stereocenters. The molecule has 1 fully saturated rings. The van der Waals surface area contributed by atoms with Crippen LogP contribution in [-0.4, -0.2) is 23.7 Å². The minimum absolute atomic E-state index is 0.193. The third kappa shape index (κ3) is 2.71. The highest BCUT2D eigenvalue weighted by Crippen LogP contribution is 2.25. The molecule has 3 nitrogen and oxygen atoms in total. The van der Waals surface area contributed by atoms with Crippen molar-refractivity contribution < 1.29 is 9.13 Å². The summed E-state index contributed by atoms with van der Waals surface area (Å²) in [5.41, 5.74) is -0.193. The molecule has 1 aromatic heterocycles. The Morgan fingerprint density at radius 3 is 3.12 bits per heavy atom. The monoisotopic (exact) mass is 288 g/mol. The van der Waals surface area contributed by atoms with Crippen LogP contribution in [0, 0.1) is 5.82 Å². The van der Waals surface area contributed by atoms with Gasteiger partial charge in [-0.2, -0.15) is 0 Å². The molecule has 1 aliphatic rings. The fraction of sp³-hybridized carbons (Fsp3) is 0.545. The van der Waals surface area contributed by atoms with Gasteiger partial charge >= 0.3 is 0 Å². The number of halogens is 2. The van der Waals surface area contributed by atoms with Gasteiger partial charge < -0.3 is 10.1 Å². The Morgan fingerprint density at radius 2 is 2.50 bits per heavy atom. The normalized spacial score (nSPS) is 24.7. The van der Waals surface area contributed by atoms with E-state index in [1.165, 1.54) is 6.07 Å². The molecule has 0 amide bonds. The minimum Gasteiger partial charge on any atom is -0.373 e. The van der Waals surface area contributed by atoms with Gasteiger partial charge in [0.1, 0.15) is 0 Å². The van der Waals surface area contributed by atoms with Crippen molar-refractivity contribution in [3.05, 3.63) is 22.6 Å². The zero-order chi connectivity index (χ0) is 11.6. The van der Waals surface area contributed by atoms with Gasteiger partial charge in [-0.15, -0.1) is 0 Å². The first-order valence-corrected chi connectivity index (χ1v) is 6.07. The Labute approximate surface area is 103 Å². The second-order valence-corrected chi connectivity index (χ2v) is 5.16. The van der Waals surface area contributed by atoms with E-state index in [4.69, 9.17) is 4.74 Å². The molecule has 0 aliphatic carbocycles. The number of ether oxygens (including phenoxy) is 1. The standard InChI is InChI=1S/C11H14BrFN2O/c1-11(3-2-4-16-11)7-15-10-9(13)5-8(12)6-14-10/h5-6H,2-4,7H2,1H3,(H,14,15). The van der Waals surface area contributed by atoms with Crippen molar-refractivity contribution in [1.82, 2.24) is 4.98 Å². The van der Waals surface area contributed by atoms with Crippen molar-refractivity contribution in [3.8, 4) is 0 Å². The van der Waals surface area contributed by atoms with Gasteiger partial charge in [0.05, 0.1) is 5.60 Å². The van der Waals surface area contributed by atoms with Gasteiger partial charge in [-0.05, 0) is 41.8 Å². The van der Waals surface area contributed by atoms with Crippen LogP contribution >= 0.6 is 15.9 Å². The van der Waals surface area contributed by atoms with Crippen molar-refractivity contribution in [3.63, 3.8) is 0 Å². The van der Waals surface area contributed by atoms with Gasteiger partial charge in [0, 0.05) is 23.8 Å². The molecule has 0 spiro atoms. The predicted octanol–water partition coefficient (Wildman–Crippen LogP) is 2.96. The lowest BCUT2D eigenvalue weighted by atomic mass is 10.0. The molecule has 16 heavy (non-hydrogen) atoms. The molecular formula is C11H14BrFN2O. The van der Waals surface area contributed by atoms with E-state index in [1.54, 1.807) is 6.20 Å². The zero-order valence-corrected chi connectivity index (χ0v) is 10.7. The molecule has 0 aromatic carbocycles. The fourth-order valence-electron chi connectivity index (χ4n) is 1.79. The molecule has 2 heterocycles. The molecule has 1 atom stereocenters. The zero-order valence-electron chi connectivity index (χ0n) is 9.09. The third-order valence-electron chi connectivity index (χ3n) is 2.74. The van der Waals surface area contributed by atoms with E-state index in [2.05, 4.69) is 26.2 Å². The van der Waals surface area contributed by atoms with Gasteiger partial charge in [-0.25, -0.2) is 9.37 Å². The summed E-state index contributed by atoms with van der Waals surface area (Å²) in [7, 11) is 0. The van der Waals surface area contributed by atoms with Crippen molar-refractivity contribution in [2.24, 2.45) is 0 Å². The van der Waals surface area contributed by atoms with Crippen LogP contribution in [0.3, 0.4) is 0 Å². The lowest BCUT2D eigenvalue weighted by Gasteiger charge is -2.23. The molecule has 2 rings (SSSR count). The Bertz CT molecular complexity index is 380. The predicted molar refractivity (Wildman–Crippen MR) is 64.0 cm³/mol. The van der Waals surface area contributed by atoms with Crippen LogP contribution in [0.1, 0.15) is 19.8 Å². The topological polar surface area (TPSA) is 34.2 Å². The molecule has 88 valence electrons. The maximum Gasteiger partial charge on any atom is 0.166 e. The number of pyridine rings is 1. The number of anilines is 1. The van der Waals surface area contributed by atoms with Crippen molar-refractivity contribution in [2.45, 2.75) is 25.4 Å². The van der Waals surface area contributed by atoms with Gasteiger partial charge in [0.2, 0.25) is 0 Å². The van der Waals surface area contributed by atoms with Gasteiger partial charge in [0.15, 0.2) is 11.6 Å². The molecule has 0 radical (unpaired) electrons. The van der Waals surface area contributed by atoms with Crippen molar-refractivity contribution in [1.29, 1.82) is 0 Å². The van der Waals surface area contributed by atoms with E-state index in [0.717, 1.165) is 19.4 Å². The summed E-state index contributed by atoms with van der Waals surface area (Å²) >= 11 is 3.17. The quantitative estimate of drug-likeness (QED) is 0.929. The number of rotatable bonds is 3. The second kappa shape index (κ2) is 4.67. The lowest BCUT2D eigenvalue weighted by molar-refractivity contribution is 0.0314. The molecule has 5 heteroatoms. The summed E-state index contributed by atoms with van der Waals surface area (Å²) in [6, 6.07) is 1.40. The van der Waals surface area contributed by atoms with Crippen LogP contribution in [0.15, 0.2) is 16.7 Å². The summed E-state index contributed by atoms with van der Waals surface area (Å²) < 4.78 is 19.7. The van der Waals surface area contributed by atoms with Crippen LogP contribution in [0.2, 0.25) is 0 Å². The Balaban J connectivity index is 1.99. The molecule has 1 aliphatic heterocycles. The molecule has 0 saturated carbocycles. The van der Waals surface area contributed by atoms with E-state index in [1.807, 2.05) is 6.92 Å². The maximum atomic E-state index is 13.5. The van der Waals surface area contributed by atoms with Crippen molar-refractivity contribution >= 4 is 21.7 Å². The minimum atomic E-state index is -0.351. The number of aromatic nitrogens is 1. The van der Waals surface area contributed by atoms with Crippen LogP contribution in [0.4, 0.5) is 10.2 Å². The highest BCUT2D eigenvalue weighted by molar-refractivity contribution is 9.10. The number of nitrogens with zero attached hydrogens (tertiary/aromatic N) is 1. The lowest BCUT2D eigenvalue weighted by Crippen LogP contribution is -2.33. The van der Waals surface area contributed by atoms with Crippen LogP contribution in [0.5, 0.6) is 0 Å². The van der Waals surface area contributed by atoms with E-state index >= 15 is 0 Å². The Morgan fingerprint density at radius 1 is 1.69 bits per heavy atom. The van der Waals surface area contributed by atoms with Gasteiger partial charge in [-0.3, -0.25) is 0 Å². The molecule has 0 bridgehead atoms. The van der Waals surface area contributed by atoms with Gasteiger partial charge in [0.25, 0.3) is 0 Å². The van der Waals surface area contributed by atoms with E-state index < -0.39 is 0 Å². The first-order valence-electron chi connectivity index (χ1n) is 5.28. The highest BCUT2D eigenvalue weighted by Gasteiger charge is 2.29. The van der Waals surface area contributed by atoms with Crippen LogP contribution in [0.25, 0.3) is 0 Å². The number of hydrogen-bond donors (Lipinski definition) is 1. The summed E-state index contributed by atoms with van der Waals surface area (Å²) in [5.74, 6) is -0.0732. The highest BCUT2D eigenvalue weighted by atomic mass is 79.9. The largest absolute Gasteiger partial charge is 0.373 e. The first kappa shape index (κ1) is 11.8. The maximum absolute atomic E-state index is 13.5. The van der Waals surface area contributed by atoms with Crippen LogP contribution < -0.4 is 5.32 Å². The summed E-state index contributed by atoms with van der Waals surface area (Å²) in [6.07, 6.45) is 3.63. The van der Waals surface area contributed by atoms with Crippen molar-refractivity contribution in [2.75, 3.05) is 18.5 Å². The summed E-state index contributed by atoms with van der Waals surface area (Å²) in [5, 5.41) is 2.99. The summed E-state index contributed by atoms with van der Waals surface area (Å²) in [4.78, 5) is 3.98. The Kier molecular flexibility index (Phi) is 3.44. The smallest absolute Gasteiger partial charge is 0.166 e. The second-order valence-electron chi connectivity index (χ2n) is 4.24. The molecule has 1 aromatic rings.